The van der Waals surface area contributed by atoms with Crippen LogP contribution in [0.5, 0.6) is 0 Å². The summed E-state index contributed by atoms with van der Waals surface area (Å²) in [6, 6.07) is 18.7. The number of carbonyl (C=O) groups is 1. The highest BCUT2D eigenvalue weighted by molar-refractivity contribution is 7.99. The van der Waals surface area contributed by atoms with E-state index in [-0.39, 0.29) is 11.5 Å². The summed E-state index contributed by atoms with van der Waals surface area (Å²) < 4.78 is 1.97. The monoisotopic (exact) mass is 445 g/mol. The third kappa shape index (κ3) is 4.00. The van der Waals surface area contributed by atoms with Crippen LogP contribution in [-0.4, -0.2) is 26.3 Å². The van der Waals surface area contributed by atoms with Gasteiger partial charge in [0.05, 0.1) is 15.7 Å². The zero-order valence-electron chi connectivity index (χ0n) is 14.4. The summed E-state index contributed by atoms with van der Waals surface area (Å²) in [5, 5.41) is 12.2. The molecule has 2 aromatic carbocycles. The zero-order valence-corrected chi connectivity index (χ0v) is 17.5. The van der Waals surface area contributed by atoms with E-state index in [2.05, 4.69) is 10.2 Å². The lowest BCUT2D eigenvalue weighted by Crippen LogP contribution is -2.05. The van der Waals surface area contributed by atoms with E-state index in [0.717, 1.165) is 16.4 Å². The number of hydrogen-bond donors (Lipinski definition) is 0. The van der Waals surface area contributed by atoms with Gasteiger partial charge in [0.1, 0.15) is 0 Å². The lowest BCUT2D eigenvalue weighted by Gasteiger charge is -2.09. The Balaban J connectivity index is 1.64. The van der Waals surface area contributed by atoms with Crippen molar-refractivity contribution in [2.45, 2.75) is 5.16 Å². The van der Waals surface area contributed by atoms with Gasteiger partial charge in [-0.3, -0.25) is 9.36 Å². The molecule has 4 aromatic rings. The molecule has 0 bridgehead atoms. The molecular formula is C20H13Cl2N3OS2. The molecule has 0 saturated heterocycles. The number of thiophene rings is 1. The fourth-order valence-electron chi connectivity index (χ4n) is 2.66. The van der Waals surface area contributed by atoms with Gasteiger partial charge in [-0.15, -0.1) is 21.5 Å². The van der Waals surface area contributed by atoms with Gasteiger partial charge in [0.25, 0.3) is 0 Å². The van der Waals surface area contributed by atoms with Crippen molar-refractivity contribution in [2.24, 2.45) is 0 Å². The average Bonchev–Trinajstić information content (AvgIpc) is 3.36. The van der Waals surface area contributed by atoms with Crippen LogP contribution in [0.4, 0.5) is 0 Å². The number of para-hydroxylation sites is 1. The van der Waals surface area contributed by atoms with E-state index >= 15 is 0 Å². The predicted molar refractivity (Wildman–Crippen MR) is 116 cm³/mol. The van der Waals surface area contributed by atoms with Crippen molar-refractivity contribution in [3.05, 3.63) is 81.7 Å². The molecule has 28 heavy (non-hydrogen) atoms. The van der Waals surface area contributed by atoms with Crippen molar-refractivity contribution in [3.8, 4) is 16.4 Å². The number of ketones is 1. The van der Waals surface area contributed by atoms with Crippen LogP contribution in [0, 0.1) is 0 Å². The molecule has 2 aromatic heterocycles. The van der Waals surface area contributed by atoms with Gasteiger partial charge >= 0.3 is 0 Å². The number of aromatic nitrogens is 3. The second-order valence-corrected chi connectivity index (χ2v) is 8.52. The van der Waals surface area contributed by atoms with Crippen molar-refractivity contribution in [3.63, 3.8) is 0 Å². The molecule has 4 nitrogen and oxygen atoms in total. The molecule has 8 heteroatoms. The highest BCUT2D eigenvalue weighted by Crippen LogP contribution is 2.31. The SMILES string of the molecule is O=C(CSc1nnc(-c2cccs2)n1-c1ccccc1)c1ccc(Cl)cc1Cl. The van der Waals surface area contributed by atoms with Gasteiger partial charge < -0.3 is 0 Å². The summed E-state index contributed by atoms with van der Waals surface area (Å²) in [5.74, 6) is 0.851. The third-order valence-electron chi connectivity index (χ3n) is 3.95. The van der Waals surface area contributed by atoms with Gasteiger partial charge in [0.15, 0.2) is 16.8 Å². The van der Waals surface area contributed by atoms with Crippen LogP contribution in [-0.2, 0) is 0 Å². The number of rotatable bonds is 6. The minimum Gasteiger partial charge on any atom is -0.293 e. The second kappa shape index (κ2) is 8.49. The number of carbonyl (C=O) groups excluding carboxylic acids is 1. The fourth-order valence-corrected chi connectivity index (χ4v) is 4.71. The first kappa shape index (κ1) is 19.2. The Morgan fingerprint density at radius 2 is 1.86 bits per heavy atom. The van der Waals surface area contributed by atoms with Crippen LogP contribution in [0.15, 0.2) is 71.2 Å². The Morgan fingerprint density at radius 3 is 2.57 bits per heavy atom. The third-order valence-corrected chi connectivity index (χ3v) is 6.30. The van der Waals surface area contributed by atoms with Gasteiger partial charge in [0.2, 0.25) is 0 Å². The maximum atomic E-state index is 12.6. The molecule has 0 unspecified atom stereocenters. The molecule has 0 atom stereocenters. The van der Waals surface area contributed by atoms with Crippen LogP contribution in [0.3, 0.4) is 0 Å². The van der Waals surface area contributed by atoms with Crippen LogP contribution in [0.2, 0.25) is 10.0 Å². The molecule has 0 aliphatic rings. The number of Topliss-reactive ketones (excluding diaryl/α,β-unsaturated/α-hetero) is 1. The van der Waals surface area contributed by atoms with E-state index in [9.17, 15) is 4.79 Å². The molecule has 0 spiro atoms. The summed E-state index contributed by atoms with van der Waals surface area (Å²) >= 11 is 15.0. The van der Waals surface area contributed by atoms with Crippen LogP contribution in [0.25, 0.3) is 16.4 Å². The molecule has 0 aliphatic heterocycles. The van der Waals surface area contributed by atoms with E-state index in [1.807, 2.05) is 52.4 Å². The van der Waals surface area contributed by atoms with Gasteiger partial charge in [-0.05, 0) is 41.8 Å². The molecular weight excluding hydrogens is 433 g/mol. The normalized spacial score (nSPS) is 10.9. The summed E-state index contributed by atoms with van der Waals surface area (Å²) in [6.45, 7) is 0. The highest BCUT2D eigenvalue weighted by atomic mass is 35.5. The molecule has 0 radical (unpaired) electrons. The number of halogens is 2. The maximum Gasteiger partial charge on any atom is 0.196 e. The molecule has 0 amide bonds. The molecule has 0 aliphatic carbocycles. The Kier molecular flexibility index (Phi) is 5.82. The zero-order chi connectivity index (χ0) is 19.5. The van der Waals surface area contributed by atoms with Gasteiger partial charge in [0, 0.05) is 16.3 Å². The molecule has 0 fully saturated rings. The number of thioether (sulfide) groups is 1. The van der Waals surface area contributed by atoms with Crippen molar-refractivity contribution >= 4 is 52.1 Å². The Bertz CT molecular complexity index is 1110. The van der Waals surface area contributed by atoms with Crippen molar-refractivity contribution < 1.29 is 4.79 Å². The van der Waals surface area contributed by atoms with Gasteiger partial charge in [-0.25, -0.2) is 0 Å². The largest absolute Gasteiger partial charge is 0.293 e. The van der Waals surface area contributed by atoms with Gasteiger partial charge in [-0.1, -0.05) is 59.2 Å². The number of benzene rings is 2. The molecule has 140 valence electrons. The number of hydrogen-bond acceptors (Lipinski definition) is 5. The minimum atomic E-state index is -0.0908. The smallest absolute Gasteiger partial charge is 0.196 e. The van der Waals surface area contributed by atoms with E-state index in [0.29, 0.717) is 20.8 Å². The Morgan fingerprint density at radius 1 is 1.04 bits per heavy atom. The summed E-state index contributed by atoms with van der Waals surface area (Å²) in [7, 11) is 0. The highest BCUT2D eigenvalue weighted by Gasteiger charge is 2.19. The van der Waals surface area contributed by atoms with E-state index in [4.69, 9.17) is 23.2 Å². The van der Waals surface area contributed by atoms with Crippen LogP contribution >= 0.6 is 46.3 Å². The Labute approximate surface area is 180 Å². The van der Waals surface area contributed by atoms with Crippen molar-refractivity contribution in [1.29, 1.82) is 0 Å². The van der Waals surface area contributed by atoms with Crippen molar-refractivity contribution in [2.75, 3.05) is 5.75 Å². The Hall–Kier alpha value is -2.12. The molecule has 0 N–H and O–H groups in total. The first-order valence-electron chi connectivity index (χ1n) is 8.29. The molecule has 2 heterocycles. The quantitative estimate of drug-likeness (QED) is 0.258. The minimum absolute atomic E-state index is 0.0908. The maximum absolute atomic E-state index is 12.6. The summed E-state index contributed by atoms with van der Waals surface area (Å²) in [4.78, 5) is 13.6. The van der Waals surface area contributed by atoms with E-state index < -0.39 is 0 Å². The molecule has 4 rings (SSSR count). The second-order valence-electron chi connectivity index (χ2n) is 5.79. The lowest BCUT2D eigenvalue weighted by atomic mass is 10.1. The predicted octanol–water partition coefficient (Wildman–Crippen LogP) is 6.28. The topological polar surface area (TPSA) is 47.8 Å². The first-order valence-corrected chi connectivity index (χ1v) is 10.9. The summed E-state index contributed by atoms with van der Waals surface area (Å²) in [5.41, 5.74) is 1.39. The van der Waals surface area contributed by atoms with Crippen LogP contribution < -0.4 is 0 Å². The fraction of sp³-hybridized carbons (Fsp3) is 0.0500. The first-order chi connectivity index (χ1) is 13.6. The summed E-state index contributed by atoms with van der Waals surface area (Å²) in [6.07, 6.45) is 0. The molecule has 0 saturated carbocycles. The van der Waals surface area contributed by atoms with Gasteiger partial charge in [-0.2, -0.15) is 0 Å². The number of nitrogens with zero attached hydrogens (tertiary/aromatic N) is 3. The average molecular weight is 446 g/mol. The van der Waals surface area contributed by atoms with E-state index in [1.54, 1.807) is 29.5 Å². The van der Waals surface area contributed by atoms with Crippen LogP contribution in [0.1, 0.15) is 10.4 Å². The lowest BCUT2D eigenvalue weighted by molar-refractivity contribution is 0.102. The van der Waals surface area contributed by atoms with E-state index in [1.165, 1.54) is 11.8 Å². The van der Waals surface area contributed by atoms with Crippen molar-refractivity contribution in [1.82, 2.24) is 14.8 Å². The standard InChI is InChI=1S/C20H13Cl2N3OS2/c21-13-8-9-15(16(22)11-13)17(26)12-28-20-24-23-19(18-7-4-10-27-18)25(20)14-5-2-1-3-6-14/h1-11H,12H2.